The van der Waals surface area contributed by atoms with E-state index < -0.39 is 0 Å². The zero-order valence-corrected chi connectivity index (χ0v) is 18.7. The van der Waals surface area contributed by atoms with Gasteiger partial charge in [0.15, 0.2) is 5.65 Å². The van der Waals surface area contributed by atoms with Gasteiger partial charge in [-0.05, 0) is 44.0 Å². The maximum atomic E-state index is 11.4. The SMILES string of the molecule is COc1cc(C#Cc2nn(C(=CC=O)CN3CCCCC3)c3ncnc(N)c23)cc(OC)c1. The average Bonchev–Trinajstić information content (AvgIpc) is 3.22. The van der Waals surface area contributed by atoms with Crippen LogP contribution < -0.4 is 15.2 Å². The molecule has 0 saturated carbocycles. The number of likely N-dealkylation sites (tertiary alicyclic amines) is 1. The minimum atomic E-state index is 0.280. The van der Waals surface area contributed by atoms with Crippen molar-refractivity contribution >= 4 is 28.8 Å². The zero-order chi connectivity index (χ0) is 23.2. The first-order valence-corrected chi connectivity index (χ1v) is 10.7. The van der Waals surface area contributed by atoms with Crippen molar-refractivity contribution in [3.63, 3.8) is 0 Å². The van der Waals surface area contributed by atoms with E-state index in [0.717, 1.165) is 32.2 Å². The van der Waals surface area contributed by atoms with Crippen molar-refractivity contribution in [1.82, 2.24) is 24.6 Å². The third-order valence-corrected chi connectivity index (χ3v) is 5.54. The molecule has 2 N–H and O–H groups in total. The summed E-state index contributed by atoms with van der Waals surface area (Å²) in [6.07, 6.45) is 7.19. The van der Waals surface area contributed by atoms with Gasteiger partial charge in [0.2, 0.25) is 0 Å². The van der Waals surface area contributed by atoms with E-state index in [0.29, 0.717) is 46.0 Å². The van der Waals surface area contributed by atoms with Crippen LogP contribution in [0.25, 0.3) is 16.7 Å². The fraction of sp³-hybridized carbons (Fsp3) is 0.333. The number of aldehydes is 1. The molecule has 2 aromatic heterocycles. The van der Waals surface area contributed by atoms with Gasteiger partial charge in [-0.3, -0.25) is 9.69 Å². The minimum absolute atomic E-state index is 0.280. The van der Waals surface area contributed by atoms with E-state index in [1.54, 1.807) is 25.0 Å². The summed E-state index contributed by atoms with van der Waals surface area (Å²) in [6.45, 7) is 2.55. The number of anilines is 1. The zero-order valence-electron chi connectivity index (χ0n) is 18.7. The molecular formula is C24H26N6O3. The molecule has 170 valence electrons. The van der Waals surface area contributed by atoms with Crippen LogP contribution in [-0.4, -0.2) is 64.8 Å². The fourth-order valence-electron chi connectivity index (χ4n) is 3.89. The van der Waals surface area contributed by atoms with Crippen LogP contribution in [0.3, 0.4) is 0 Å². The lowest BCUT2D eigenvalue weighted by Crippen LogP contribution is -2.32. The lowest BCUT2D eigenvalue weighted by Gasteiger charge is -2.27. The van der Waals surface area contributed by atoms with Gasteiger partial charge in [0.1, 0.15) is 35.6 Å². The number of nitrogens with two attached hydrogens (primary N) is 1. The standard InChI is InChI=1S/C24H26N6O3/c1-32-19-12-17(13-20(14-19)33-2)6-7-21-22-23(25)26-16-27-24(22)30(28-21)18(8-11-31)15-29-9-4-3-5-10-29/h8,11-14,16H,3-5,9-10,15H2,1-2H3,(H2,25,26,27). The molecule has 0 unspecified atom stereocenters. The van der Waals surface area contributed by atoms with E-state index in [9.17, 15) is 4.79 Å². The highest BCUT2D eigenvalue weighted by Gasteiger charge is 2.19. The Morgan fingerprint density at radius 1 is 1.09 bits per heavy atom. The van der Waals surface area contributed by atoms with Crippen LogP contribution in [-0.2, 0) is 4.79 Å². The molecule has 0 aliphatic carbocycles. The third-order valence-electron chi connectivity index (χ3n) is 5.54. The largest absolute Gasteiger partial charge is 0.497 e. The molecule has 1 aliphatic rings. The Bertz CT molecular complexity index is 1230. The number of benzene rings is 1. The van der Waals surface area contributed by atoms with Crippen molar-refractivity contribution in [2.45, 2.75) is 19.3 Å². The summed E-state index contributed by atoms with van der Waals surface area (Å²) >= 11 is 0. The number of hydrogen-bond acceptors (Lipinski definition) is 8. The molecule has 1 aromatic carbocycles. The van der Waals surface area contributed by atoms with Gasteiger partial charge in [-0.2, -0.15) is 5.10 Å². The molecule has 3 heterocycles. The van der Waals surface area contributed by atoms with Crippen molar-refractivity contribution in [1.29, 1.82) is 0 Å². The van der Waals surface area contributed by atoms with Crippen LogP contribution in [0.2, 0.25) is 0 Å². The average molecular weight is 447 g/mol. The minimum Gasteiger partial charge on any atom is -0.497 e. The lowest BCUT2D eigenvalue weighted by molar-refractivity contribution is -0.104. The number of nitrogens with zero attached hydrogens (tertiary/aromatic N) is 5. The van der Waals surface area contributed by atoms with E-state index in [2.05, 4.69) is 31.8 Å². The van der Waals surface area contributed by atoms with E-state index in [1.807, 2.05) is 12.1 Å². The molecule has 0 atom stereocenters. The highest BCUT2D eigenvalue weighted by Crippen LogP contribution is 2.25. The topological polar surface area (TPSA) is 108 Å². The number of piperidine rings is 1. The Kier molecular flexibility index (Phi) is 6.86. The number of aromatic nitrogens is 4. The van der Waals surface area contributed by atoms with Crippen LogP contribution in [0.5, 0.6) is 11.5 Å². The monoisotopic (exact) mass is 446 g/mol. The molecule has 9 heteroatoms. The van der Waals surface area contributed by atoms with Crippen molar-refractivity contribution in [3.8, 4) is 23.3 Å². The number of rotatable bonds is 6. The van der Waals surface area contributed by atoms with Crippen molar-refractivity contribution in [3.05, 3.63) is 41.9 Å². The van der Waals surface area contributed by atoms with Gasteiger partial charge < -0.3 is 15.2 Å². The number of fused-ring (bicyclic) bond motifs is 1. The number of carbonyl (C=O) groups excluding carboxylic acids is 1. The number of nitrogen functional groups attached to an aromatic ring is 1. The number of carbonyl (C=O) groups is 1. The first kappa shape index (κ1) is 22.3. The van der Waals surface area contributed by atoms with Crippen LogP contribution in [0.15, 0.2) is 30.6 Å². The Labute approximate surface area is 192 Å². The van der Waals surface area contributed by atoms with Gasteiger partial charge in [-0.25, -0.2) is 14.6 Å². The molecule has 4 rings (SSSR count). The van der Waals surface area contributed by atoms with Gasteiger partial charge >= 0.3 is 0 Å². The molecule has 1 saturated heterocycles. The van der Waals surface area contributed by atoms with Crippen molar-refractivity contribution < 1.29 is 14.3 Å². The molecule has 0 radical (unpaired) electrons. The second-order valence-corrected chi connectivity index (χ2v) is 7.70. The summed E-state index contributed by atoms with van der Waals surface area (Å²) in [7, 11) is 3.17. The van der Waals surface area contributed by atoms with E-state index in [-0.39, 0.29) is 5.82 Å². The number of hydrogen-bond donors (Lipinski definition) is 1. The van der Waals surface area contributed by atoms with Crippen molar-refractivity contribution in [2.24, 2.45) is 0 Å². The quantitative estimate of drug-likeness (QED) is 0.349. The summed E-state index contributed by atoms with van der Waals surface area (Å²) in [6, 6.07) is 5.39. The van der Waals surface area contributed by atoms with Crippen molar-refractivity contribution in [2.75, 3.05) is 39.6 Å². The second kappa shape index (κ2) is 10.1. The second-order valence-electron chi connectivity index (χ2n) is 7.70. The van der Waals surface area contributed by atoms with Gasteiger partial charge in [0, 0.05) is 24.3 Å². The molecule has 3 aromatic rings. The van der Waals surface area contributed by atoms with Gasteiger partial charge in [-0.15, -0.1) is 0 Å². The summed E-state index contributed by atoms with van der Waals surface area (Å²) in [5.41, 5.74) is 8.53. The first-order valence-electron chi connectivity index (χ1n) is 10.7. The maximum absolute atomic E-state index is 11.4. The van der Waals surface area contributed by atoms with Gasteiger partial charge in [0.25, 0.3) is 0 Å². The molecule has 0 spiro atoms. The van der Waals surface area contributed by atoms with Gasteiger partial charge in [0.05, 0.1) is 25.3 Å². The Balaban J connectivity index is 1.78. The van der Waals surface area contributed by atoms with E-state index >= 15 is 0 Å². The smallest absolute Gasteiger partial charge is 0.169 e. The molecular weight excluding hydrogens is 420 g/mol. The molecule has 0 amide bonds. The molecule has 9 nitrogen and oxygen atoms in total. The predicted octanol–water partition coefficient (Wildman–Crippen LogP) is 2.35. The Morgan fingerprint density at radius 2 is 1.82 bits per heavy atom. The normalized spacial score (nSPS) is 14.5. The molecule has 33 heavy (non-hydrogen) atoms. The summed E-state index contributed by atoms with van der Waals surface area (Å²) in [5, 5.41) is 5.23. The number of methoxy groups -OCH3 is 2. The van der Waals surface area contributed by atoms with E-state index in [4.69, 9.17) is 15.2 Å². The molecule has 0 bridgehead atoms. The van der Waals surface area contributed by atoms with Crippen LogP contribution in [0.4, 0.5) is 5.82 Å². The highest BCUT2D eigenvalue weighted by molar-refractivity contribution is 5.93. The third kappa shape index (κ3) is 4.96. The highest BCUT2D eigenvalue weighted by atomic mass is 16.5. The summed E-state index contributed by atoms with van der Waals surface area (Å²) in [5.74, 6) is 7.73. The Hall–Kier alpha value is -3.90. The Morgan fingerprint density at radius 3 is 2.48 bits per heavy atom. The summed E-state index contributed by atoms with van der Waals surface area (Å²) in [4.78, 5) is 22.2. The molecule has 1 fully saturated rings. The number of allylic oxidation sites excluding steroid dienone is 1. The van der Waals surface area contributed by atoms with Crippen LogP contribution in [0.1, 0.15) is 30.5 Å². The van der Waals surface area contributed by atoms with Crippen LogP contribution >= 0.6 is 0 Å². The van der Waals surface area contributed by atoms with Crippen LogP contribution in [0, 0.1) is 11.8 Å². The predicted molar refractivity (Wildman–Crippen MR) is 126 cm³/mol. The maximum Gasteiger partial charge on any atom is 0.169 e. The van der Waals surface area contributed by atoms with Gasteiger partial charge in [-0.1, -0.05) is 12.3 Å². The lowest BCUT2D eigenvalue weighted by atomic mass is 10.1. The summed E-state index contributed by atoms with van der Waals surface area (Å²) < 4.78 is 12.3. The number of ether oxygens (including phenoxy) is 2. The first-order chi connectivity index (χ1) is 16.1. The van der Waals surface area contributed by atoms with E-state index in [1.165, 1.54) is 18.8 Å². The fourth-order valence-corrected chi connectivity index (χ4v) is 3.89. The molecule has 1 aliphatic heterocycles.